The SMILES string of the molecule is COc1cc2c(cc1/C=C(\C#N)c1ccc(F)cc1)OCO2. The lowest BCUT2D eigenvalue weighted by atomic mass is 10.0. The molecule has 1 heterocycles. The van der Waals surface area contributed by atoms with Crippen LogP contribution < -0.4 is 14.2 Å². The van der Waals surface area contributed by atoms with Crippen LogP contribution in [0.5, 0.6) is 17.2 Å². The Morgan fingerprint density at radius 2 is 1.91 bits per heavy atom. The molecule has 0 atom stereocenters. The molecule has 0 fully saturated rings. The highest BCUT2D eigenvalue weighted by atomic mass is 19.1. The summed E-state index contributed by atoms with van der Waals surface area (Å²) >= 11 is 0. The molecule has 110 valence electrons. The van der Waals surface area contributed by atoms with Gasteiger partial charge in [0.1, 0.15) is 11.6 Å². The molecule has 0 radical (unpaired) electrons. The van der Waals surface area contributed by atoms with E-state index in [0.29, 0.717) is 33.9 Å². The highest BCUT2D eigenvalue weighted by molar-refractivity contribution is 5.91. The molecule has 0 amide bonds. The van der Waals surface area contributed by atoms with Crippen LogP contribution in [-0.2, 0) is 0 Å². The maximum absolute atomic E-state index is 13.0. The Morgan fingerprint density at radius 3 is 2.55 bits per heavy atom. The van der Waals surface area contributed by atoms with Crippen molar-refractivity contribution in [2.45, 2.75) is 0 Å². The Kier molecular flexibility index (Phi) is 3.67. The summed E-state index contributed by atoms with van der Waals surface area (Å²) in [7, 11) is 1.54. The third kappa shape index (κ3) is 2.59. The molecule has 5 heteroatoms. The molecule has 0 N–H and O–H groups in total. The van der Waals surface area contributed by atoms with Crippen LogP contribution >= 0.6 is 0 Å². The average Bonchev–Trinajstić information content (AvgIpc) is 2.99. The summed E-state index contributed by atoms with van der Waals surface area (Å²) in [4.78, 5) is 0. The summed E-state index contributed by atoms with van der Waals surface area (Å²) in [6, 6.07) is 11.3. The van der Waals surface area contributed by atoms with Crippen LogP contribution in [0, 0.1) is 17.1 Å². The molecule has 22 heavy (non-hydrogen) atoms. The topological polar surface area (TPSA) is 51.5 Å². The first-order valence-corrected chi connectivity index (χ1v) is 6.56. The monoisotopic (exact) mass is 297 g/mol. The van der Waals surface area contributed by atoms with E-state index in [1.54, 1.807) is 37.5 Å². The molecule has 0 bridgehead atoms. The smallest absolute Gasteiger partial charge is 0.231 e. The normalized spacial score (nSPS) is 12.9. The molecule has 2 aromatic rings. The number of methoxy groups -OCH3 is 1. The standard InChI is InChI=1S/C17H12FNO3/c1-20-15-8-17-16(21-10-22-17)7-12(15)6-13(9-19)11-2-4-14(18)5-3-11/h2-8H,10H2,1H3/b13-6+. The minimum Gasteiger partial charge on any atom is -0.496 e. The first kappa shape index (κ1) is 14.0. The van der Waals surface area contributed by atoms with E-state index in [1.165, 1.54) is 12.1 Å². The Hall–Kier alpha value is -3.00. The van der Waals surface area contributed by atoms with Crippen molar-refractivity contribution in [3.05, 3.63) is 53.3 Å². The Balaban J connectivity index is 2.06. The molecule has 0 saturated heterocycles. The summed E-state index contributed by atoms with van der Waals surface area (Å²) in [6.45, 7) is 0.161. The summed E-state index contributed by atoms with van der Waals surface area (Å²) in [6.07, 6.45) is 1.67. The van der Waals surface area contributed by atoms with Gasteiger partial charge in [-0.25, -0.2) is 4.39 Å². The van der Waals surface area contributed by atoms with Crippen molar-refractivity contribution in [3.63, 3.8) is 0 Å². The lowest BCUT2D eigenvalue weighted by Gasteiger charge is -2.07. The number of nitrogens with zero attached hydrogens (tertiary/aromatic N) is 1. The van der Waals surface area contributed by atoms with E-state index in [0.717, 1.165) is 0 Å². The molecule has 1 aliphatic rings. The number of hydrogen-bond acceptors (Lipinski definition) is 4. The molecular formula is C17H12FNO3. The van der Waals surface area contributed by atoms with Crippen LogP contribution in [0.2, 0.25) is 0 Å². The number of ether oxygens (including phenoxy) is 3. The predicted molar refractivity (Wildman–Crippen MR) is 79.0 cm³/mol. The zero-order chi connectivity index (χ0) is 15.5. The second kappa shape index (κ2) is 5.78. The number of allylic oxidation sites excluding steroid dienone is 1. The lowest BCUT2D eigenvalue weighted by Crippen LogP contribution is -1.92. The van der Waals surface area contributed by atoms with Crippen LogP contribution in [-0.4, -0.2) is 13.9 Å². The summed E-state index contributed by atoms with van der Waals surface area (Å²) in [5.41, 5.74) is 1.72. The number of rotatable bonds is 3. The van der Waals surface area contributed by atoms with E-state index in [4.69, 9.17) is 14.2 Å². The fourth-order valence-corrected chi connectivity index (χ4v) is 2.19. The molecule has 0 aliphatic carbocycles. The van der Waals surface area contributed by atoms with E-state index in [1.807, 2.05) is 0 Å². The maximum Gasteiger partial charge on any atom is 0.231 e. The van der Waals surface area contributed by atoms with Crippen LogP contribution in [0.1, 0.15) is 11.1 Å². The van der Waals surface area contributed by atoms with Gasteiger partial charge in [-0.05, 0) is 29.8 Å². The first-order chi connectivity index (χ1) is 10.7. The van der Waals surface area contributed by atoms with E-state index in [2.05, 4.69) is 6.07 Å². The van der Waals surface area contributed by atoms with Gasteiger partial charge in [-0.15, -0.1) is 0 Å². The van der Waals surface area contributed by atoms with Gasteiger partial charge in [0.2, 0.25) is 6.79 Å². The van der Waals surface area contributed by atoms with Gasteiger partial charge in [0.25, 0.3) is 0 Å². The third-order valence-electron chi connectivity index (χ3n) is 3.30. The van der Waals surface area contributed by atoms with Gasteiger partial charge in [-0.2, -0.15) is 5.26 Å². The van der Waals surface area contributed by atoms with Gasteiger partial charge in [0.15, 0.2) is 11.5 Å². The number of fused-ring (bicyclic) bond motifs is 1. The lowest BCUT2D eigenvalue weighted by molar-refractivity contribution is 0.174. The Morgan fingerprint density at radius 1 is 1.23 bits per heavy atom. The van der Waals surface area contributed by atoms with Crippen molar-refractivity contribution in [2.24, 2.45) is 0 Å². The second-order valence-corrected chi connectivity index (χ2v) is 4.62. The molecule has 0 unspecified atom stereocenters. The fraction of sp³-hybridized carbons (Fsp3) is 0.118. The minimum absolute atomic E-state index is 0.161. The third-order valence-corrected chi connectivity index (χ3v) is 3.30. The zero-order valence-electron chi connectivity index (χ0n) is 11.8. The van der Waals surface area contributed by atoms with Gasteiger partial charge >= 0.3 is 0 Å². The van der Waals surface area contributed by atoms with Crippen LogP contribution in [0.15, 0.2) is 36.4 Å². The molecule has 0 spiro atoms. The number of nitriles is 1. The highest BCUT2D eigenvalue weighted by Gasteiger charge is 2.17. The molecule has 1 aliphatic heterocycles. The van der Waals surface area contributed by atoms with Crippen molar-refractivity contribution in [2.75, 3.05) is 13.9 Å². The van der Waals surface area contributed by atoms with E-state index in [9.17, 15) is 9.65 Å². The van der Waals surface area contributed by atoms with Crippen LogP contribution in [0.25, 0.3) is 11.6 Å². The van der Waals surface area contributed by atoms with E-state index >= 15 is 0 Å². The zero-order valence-corrected chi connectivity index (χ0v) is 11.8. The number of benzene rings is 2. The molecule has 3 rings (SSSR count). The Bertz CT molecular complexity index is 776. The van der Waals surface area contributed by atoms with Crippen molar-refractivity contribution in [3.8, 4) is 23.3 Å². The van der Waals surface area contributed by atoms with Crippen LogP contribution in [0.4, 0.5) is 4.39 Å². The first-order valence-electron chi connectivity index (χ1n) is 6.56. The molecule has 4 nitrogen and oxygen atoms in total. The van der Waals surface area contributed by atoms with Gasteiger partial charge < -0.3 is 14.2 Å². The van der Waals surface area contributed by atoms with Gasteiger partial charge in [-0.3, -0.25) is 0 Å². The van der Waals surface area contributed by atoms with Gasteiger partial charge in [0.05, 0.1) is 18.8 Å². The van der Waals surface area contributed by atoms with E-state index in [-0.39, 0.29) is 12.6 Å². The Labute approximate surface area is 127 Å². The quantitative estimate of drug-likeness (QED) is 0.641. The predicted octanol–water partition coefficient (Wildman–Crippen LogP) is 3.63. The second-order valence-electron chi connectivity index (χ2n) is 4.62. The fourth-order valence-electron chi connectivity index (χ4n) is 2.19. The molecule has 0 saturated carbocycles. The van der Waals surface area contributed by atoms with Crippen molar-refractivity contribution >= 4 is 11.6 Å². The average molecular weight is 297 g/mol. The number of hydrogen-bond donors (Lipinski definition) is 0. The molecular weight excluding hydrogens is 285 g/mol. The molecule has 2 aromatic carbocycles. The summed E-state index contributed by atoms with van der Waals surface area (Å²) < 4.78 is 28.9. The van der Waals surface area contributed by atoms with Crippen molar-refractivity contribution in [1.29, 1.82) is 5.26 Å². The maximum atomic E-state index is 13.0. The van der Waals surface area contributed by atoms with E-state index < -0.39 is 0 Å². The largest absolute Gasteiger partial charge is 0.496 e. The van der Waals surface area contributed by atoms with Crippen molar-refractivity contribution < 1.29 is 18.6 Å². The number of halogens is 1. The van der Waals surface area contributed by atoms with Crippen LogP contribution in [0.3, 0.4) is 0 Å². The minimum atomic E-state index is -0.346. The highest BCUT2D eigenvalue weighted by Crippen LogP contribution is 2.39. The summed E-state index contributed by atoms with van der Waals surface area (Å²) in [5, 5.41) is 9.36. The van der Waals surface area contributed by atoms with Crippen molar-refractivity contribution in [1.82, 2.24) is 0 Å². The van der Waals surface area contributed by atoms with Gasteiger partial charge in [-0.1, -0.05) is 12.1 Å². The summed E-state index contributed by atoms with van der Waals surface area (Å²) in [5.74, 6) is 1.43. The van der Waals surface area contributed by atoms with Gasteiger partial charge in [0, 0.05) is 11.6 Å². The molecule has 0 aromatic heterocycles.